The Balaban J connectivity index is 1.58. The lowest BCUT2D eigenvalue weighted by Crippen LogP contribution is -2.47. The van der Waals surface area contributed by atoms with E-state index < -0.39 is 0 Å². The molecule has 2 fully saturated rings. The predicted molar refractivity (Wildman–Crippen MR) is 91.1 cm³/mol. The van der Waals surface area contributed by atoms with Gasteiger partial charge >= 0.3 is 0 Å². The van der Waals surface area contributed by atoms with Crippen molar-refractivity contribution < 1.29 is 0 Å². The maximum atomic E-state index is 9.50. The lowest BCUT2D eigenvalue weighted by molar-refractivity contribution is 0.205. The highest BCUT2D eigenvalue weighted by molar-refractivity contribution is 5.62. The van der Waals surface area contributed by atoms with E-state index in [0.29, 0.717) is 0 Å². The third kappa shape index (κ3) is 3.28. The predicted octanol–water partition coefficient (Wildman–Crippen LogP) is 3.43. The molecule has 3 heteroatoms. The molecule has 0 atom stereocenters. The van der Waals surface area contributed by atoms with E-state index in [-0.39, 0.29) is 0 Å². The van der Waals surface area contributed by atoms with Crippen molar-refractivity contribution in [3.8, 4) is 6.07 Å². The first-order valence-electron chi connectivity index (χ1n) is 8.81. The van der Waals surface area contributed by atoms with Gasteiger partial charge in [-0.2, -0.15) is 5.26 Å². The number of nitrogens with zero attached hydrogens (tertiary/aromatic N) is 3. The van der Waals surface area contributed by atoms with Crippen molar-refractivity contribution >= 4 is 5.69 Å². The fourth-order valence-electron chi connectivity index (χ4n) is 3.63. The van der Waals surface area contributed by atoms with Gasteiger partial charge in [0.15, 0.2) is 0 Å². The molecule has 1 aromatic carbocycles. The van der Waals surface area contributed by atoms with Crippen LogP contribution in [0.4, 0.5) is 5.69 Å². The van der Waals surface area contributed by atoms with Crippen molar-refractivity contribution in [2.45, 2.75) is 39.0 Å². The second-order valence-electron chi connectivity index (χ2n) is 6.69. The molecule has 0 N–H and O–H groups in total. The first-order valence-corrected chi connectivity index (χ1v) is 8.81. The Kier molecular flexibility index (Phi) is 5.00. The maximum Gasteiger partial charge on any atom is 0.102 e. The molecule has 3 nitrogen and oxygen atoms in total. The Bertz CT molecular complexity index is 534. The number of anilines is 1. The lowest BCUT2D eigenvalue weighted by Gasteiger charge is -2.38. The SMILES string of the molecule is CCc1cccc(N2CCN(CCC3CCC3)CC2)c1C#N. The molecule has 118 valence electrons. The van der Waals surface area contributed by atoms with Crippen molar-refractivity contribution in [3.05, 3.63) is 29.3 Å². The Hall–Kier alpha value is -1.53. The van der Waals surface area contributed by atoms with Gasteiger partial charge in [-0.3, -0.25) is 4.90 Å². The molecule has 1 heterocycles. The molecule has 0 unspecified atom stereocenters. The van der Waals surface area contributed by atoms with Gasteiger partial charge in [-0.15, -0.1) is 0 Å². The molecule has 1 aliphatic heterocycles. The van der Waals surface area contributed by atoms with E-state index in [2.05, 4.69) is 41.0 Å². The number of hydrogen-bond acceptors (Lipinski definition) is 3. The van der Waals surface area contributed by atoms with Crippen LogP contribution in [0.5, 0.6) is 0 Å². The minimum absolute atomic E-state index is 0.882. The van der Waals surface area contributed by atoms with Crippen molar-refractivity contribution in [1.82, 2.24) is 4.90 Å². The van der Waals surface area contributed by atoms with Crippen LogP contribution in [-0.2, 0) is 6.42 Å². The monoisotopic (exact) mass is 297 g/mol. The fraction of sp³-hybridized carbons (Fsp3) is 0.632. The van der Waals surface area contributed by atoms with Crippen LogP contribution in [0.3, 0.4) is 0 Å². The minimum atomic E-state index is 0.882. The van der Waals surface area contributed by atoms with Crippen molar-refractivity contribution in [2.75, 3.05) is 37.6 Å². The summed E-state index contributed by atoms with van der Waals surface area (Å²) in [5.41, 5.74) is 3.20. The van der Waals surface area contributed by atoms with Gasteiger partial charge in [0.2, 0.25) is 0 Å². The normalized spacial score (nSPS) is 19.7. The average molecular weight is 297 g/mol. The van der Waals surface area contributed by atoms with Crippen LogP contribution in [0, 0.1) is 17.2 Å². The molecule has 1 saturated carbocycles. The summed E-state index contributed by atoms with van der Waals surface area (Å²) >= 11 is 0. The standard InChI is InChI=1S/C19H27N3/c1-2-17-7-4-8-19(18(17)15-20)22-13-11-21(12-14-22)10-9-16-5-3-6-16/h4,7-8,16H,2-3,5-6,9-14H2,1H3. The van der Waals surface area contributed by atoms with Gasteiger partial charge in [0.1, 0.15) is 6.07 Å². The molecule has 0 amide bonds. The summed E-state index contributed by atoms with van der Waals surface area (Å²) in [5, 5.41) is 9.50. The number of hydrogen-bond donors (Lipinski definition) is 0. The smallest absolute Gasteiger partial charge is 0.102 e. The molecule has 0 spiro atoms. The minimum Gasteiger partial charge on any atom is -0.368 e. The van der Waals surface area contributed by atoms with Gasteiger partial charge < -0.3 is 4.90 Å². The Morgan fingerprint density at radius 3 is 2.55 bits per heavy atom. The zero-order chi connectivity index (χ0) is 15.4. The van der Waals surface area contributed by atoms with Crippen LogP contribution in [0.1, 0.15) is 43.7 Å². The van der Waals surface area contributed by atoms with Crippen LogP contribution in [0.15, 0.2) is 18.2 Å². The molecule has 2 aliphatic rings. The summed E-state index contributed by atoms with van der Waals surface area (Å²) in [6, 6.07) is 8.71. The van der Waals surface area contributed by atoms with Gasteiger partial charge in [0.25, 0.3) is 0 Å². The molecule has 1 aromatic rings. The highest BCUT2D eigenvalue weighted by Gasteiger charge is 2.22. The van der Waals surface area contributed by atoms with Gasteiger partial charge in [-0.1, -0.05) is 38.3 Å². The second kappa shape index (κ2) is 7.15. The van der Waals surface area contributed by atoms with E-state index in [1.54, 1.807) is 0 Å². The molecular weight excluding hydrogens is 270 g/mol. The Morgan fingerprint density at radius 1 is 1.18 bits per heavy atom. The summed E-state index contributed by atoms with van der Waals surface area (Å²) in [7, 11) is 0. The van der Waals surface area contributed by atoms with Gasteiger partial charge in [0, 0.05) is 26.2 Å². The Labute approximate surface area is 134 Å². The Morgan fingerprint density at radius 2 is 1.95 bits per heavy atom. The first kappa shape index (κ1) is 15.4. The highest BCUT2D eigenvalue weighted by Crippen LogP contribution is 2.30. The number of benzene rings is 1. The molecule has 1 saturated heterocycles. The summed E-state index contributed by atoms with van der Waals surface area (Å²) in [6.45, 7) is 7.75. The summed E-state index contributed by atoms with van der Waals surface area (Å²) in [5.74, 6) is 1.00. The third-order valence-corrected chi connectivity index (χ3v) is 5.41. The fourth-order valence-corrected chi connectivity index (χ4v) is 3.63. The van der Waals surface area contributed by atoms with Crippen LogP contribution < -0.4 is 4.90 Å². The van der Waals surface area contributed by atoms with Crippen LogP contribution in [0.25, 0.3) is 0 Å². The summed E-state index contributed by atoms with van der Waals surface area (Å²) in [4.78, 5) is 5.00. The maximum absolute atomic E-state index is 9.50. The molecule has 0 aromatic heterocycles. The van der Waals surface area contributed by atoms with Crippen LogP contribution in [-0.4, -0.2) is 37.6 Å². The zero-order valence-corrected chi connectivity index (χ0v) is 13.7. The number of piperazine rings is 1. The van der Waals surface area contributed by atoms with Crippen molar-refractivity contribution in [2.24, 2.45) is 5.92 Å². The largest absolute Gasteiger partial charge is 0.368 e. The third-order valence-electron chi connectivity index (χ3n) is 5.41. The first-order chi connectivity index (χ1) is 10.8. The average Bonchev–Trinajstić information content (AvgIpc) is 2.53. The van der Waals surface area contributed by atoms with Crippen molar-refractivity contribution in [3.63, 3.8) is 0 Å². The molecule has 1 aliphatic carbocycles. The van der Waals surface area contributed by atoms with E-state index in [9.17, 15) is 5.26 Å². The molecule has 3 rings (SSSR count). The van der Waals surface area contributed by atoms with Crippen LogP contribution in [0.2, 0.25) is 0 Å². The zero-order valence-electron chi connectivity index (χ0n) is 13.7. The van der Waals surface area contributed by atoms with E-state index >= 15 is 0 Å². The highest BCUT2D eigenvalue weighted by atomic mass is 15.3. The van der Waals surface area contributed by atoms with Crippen LogP contribution >= 0.6 is 0 Å². The summed E-state index contributed by atoms with van der Waals surface area (Å²) < 4.78 is 0. The van der Waals surface area contributed by atoms with E-state index in [4.69, 9.17) is 0 Å². The molecule has 22 heavy (non-hydrogen) atoms. The number of nitriles is 1. The topological polar surface area (TPSA) is 30.3 Å². The van der Waals surface area contributed by atoms with E-state index in [0.717, 1.165) is 49.8 Å². The van der Waals surface area contributed by atoms with Gasteiger partial charge in [-0.05, 0) is 36.9 Å². The van der Waals surface area contributed by atoms with Gasteiger partial charge in [-0.25, -0.2) is 0 Å². The van der Waals surface area contributed by atoms with E-state index in [1.165, 1.54) is 37.8 Å². The number of aryl methyl sites for hydroxylation is 1. The lowest BCUT2D eigenvalue weighted by atomic mass is 9.83. The molecule has 0 bridgehead atoms. The van der Waals surface area contributed by atoms with Crippen molar-refractivity contribution in [1.29, 1.82) is 5.26 Å². The van der Waals surface area contributed by atoms with E-state index in [1.807, 2.05) is 0 Å². The number of rotatable bonds is 5. The summed E-state index contributed by atoms with van der Waals surface area (Å²) in [6.07, 6.45) is 6.67. The van der Waals surface area contributed by atoms with Gasteiger partial charge in [0.05, 0.1) is 11.3 Å². The second-order valence-corrected chi connectivity index (χ2v) is 6.69. The molecule has 0 radical (unpaired) electrons. The quantitative estimate of drug-likeness (QED) is 0.834. The molecular formula is C19H27N3.